The number of carbonyl (C=O) groups is 2. The van der Waals surface area contributed by atoms with Crippen LogP contribution in [0.5, 0.6) is 0 Å². The third-order valence-corrected chi connectivity index (χ3v) is 4.16. The summed E-state index contributed by atoms with van der Waals surface area (Å²) in [6.07, 6.45) is 3.41. The number of amides is 2. The minimum atomic E-state index is -0.163. The first-order valence-electron chi connectivity index (χ1n) is 8.47. The molecule has 0 atom stereocenters. The fraction of sp³-hybridized carbons (Fsp3) is 0.0952. The van der Waals surface area contributed by atoms with Gasteiger partial charge in [-0.2, -0.15) is 4.57 Å². The predicted molar refractivity (Wildman–Crippen MR) is 104 cm³/mol. The van der Waals surface area contributed by atoms with Gasteiger partial charge in [0.25, 0.3) is 11.8 Å². The lowest BCUT2D eigenvalue weighted by molar-refractivity contribution is -0.684. The van der Waals surface area contributed by atoms with Gasteiger partial charge in [-0.3, -0.25) is 9.59 Å². The molecule has 2 N–H and O–H groups in total. The lowest BCUT2D eigenvalue weighted by atomic mass is 10.2. The van der Waals surface area contributed by atoms with E-state index in [0.29, 0.717) is 22.8 Å². The minimum absolute atomic E-state index is 0. The standard InChI is InChI=1S/C21H18ClN3O2.ClH/c22-18-6-8-19(9-7-18)24-20(26)15-25-12-10-17(11-13-25)21(27)23-14-16-4-2-1-3-5-16;/h1-13H,14-15H2,(H-,23,24,26,27);1H. The number of halogens is 2. The van der Waals surface area contributed by atoms with Crippen molar-refractivity contribution in [2.24, 2.45) is 0 Å². The fourth-order valence-electron chi connectivity index (χ4n) is 2.49. The summed E-state index contributed by atoms with van der Waals surface area (Å²) in [5.41, 5.74) is 2.26. The lowest BCUT2D eigenvalue weighted by Gasteiger charge is -2.05. The van der Waals surface area contributed by atoms with E-state index in [1.807, 2.05) is 30.3 Å². The largest absolute Gasteiger partial charge is 1.00 e. The Bertz CT molecular complexity index is 915. The molecule has 0 fully saturated rings. The molecule has 144 valence electrons. The minimum Gasteiger partial charge on any atom is -1.00 e. The van der Waals surface area contributed by atoms with Crippen LogP contribution < -0.4 is 27.6 Å². The van der Waals surface area contributed by atoms with Gasteiger partial charge in [0.15, 0.2) is 12.4 Å². The monoisotopic (exact) mass is 415 g/mol. The third kappa shape index (κ3) is 6.37. The Labute approximate surface area is 174 Å². The molecule has 0 aliphatic heterocycles. The van der Waals surface area contributed by atoms with Crippen molar-refractivity contribution in [1.82, 2.24) is 5.32 Å². The van der Waals surface area contributed by atoms with Crippen LogP contribution in [0, 0.1) is 0 Å². The molecular weight excluding hydrogens is 397 g/mol. The predicted octanol–water partition coefficient (Wildman–Crippen LogP) is 0.200. The highest BCUT2D eigenvalue weighted by Crippen LogP contribution is 2.13. The van der Waals surface area contributed by atoms with Gasteiger partial charge in [-0.15, -0.1) is 0 Å². The first-order chi connectivity index (χ1) is 13.1. The summed E-state index contributed by atoms with van der Waals surface area (Å²) in [5.74, 6) is -0.319. The number of hydrogen-bond acceptors (Lipinski definition) is 2. The maximum atomic E-state index is 12.2. The number of nitrogens with zero attached hydrogens (tertiary/aromatic N) is 1. The molecule has 2 aromatic carbocycles. The lowest BCUT2D eigenvalue weighted by Crippen LogP contribution is -3.00. The zero-order chi connectivity index (χ0) is 19.1. The van der Waals surface area contributed by atoms with E-state index in [2.05, 4.69) is 10.6 Å². The summed E-state index contributed by atoms with van der Waals surface area (Å²) in [6, 6.07) is 20.0. The number of anilines is 1. The summed E-state index contributed by atoms with van der Waals surface area (Å²) in [6.45, 7) is 0.618. The Morgan fingerprint density at radius 2 is 1.54 bits per heavy atom. The molecule has 0 saturated carbocycles. The number of rotatable bonds is 6. The summed E-state index contributed by atoms with van der Waals surface area (Å²) >= 11 is 5.83. The van der Waals surface area contributed by atoms with E-state index in [-0.39, 0.29) is 30.8 Å². The molecule has 0 unspecified atom stereocenters. The van der Waals surface area contributed by atoms with Gasteiger partial charge in [0.2, 0.25) is 6.54 Å². The summed E-state index contributed by atoms with van der Waals surface area (Å²) in [7, 11) is 0. The SMILES string of the molecule is O=C(C[n+]1ccc(C(=O)NCc2ccccc2)cc1)Nc1ccc(Cl)cc1.[Cl-]. The van der Waals surface area contributed by atoms with Crippen LogP contribution in [0.25, 0.3) is 0 Å². The average Bonchev–Trinajstić information content (AvgIpc) is 2.69. The molecule has 3 rings (SSSR count). The third-order valence-electron chi connectivity index (χ3n) is 3.90. The van der Waals surface area contributed by atoms with Crippen LogP contribution in [0.1, 0.15) is 15.9 Å². The Hall–Kier alpha value is -2.89. The molecular formula is C21H19Cl2N3O2. The summed E-state index contributed by atoms with van der Waals surface area (Å²) in [4.78, 5) is 24.3. The highest BCUT2D eigenvalue weighted by atomic mass is 35.5. The van der Waals surface area contributed by atoms with Crippen LogP contribution >= 0.6 is 11.6 Å². The Balaban J connectivity index is 0.00000280. The van der Waals surface area contributed by atoms with Gasteiger partial charge < -0.3 is 23.0 Å². The molecule has 0 spiro atoms. The van der Waals surface area contributed by atoms with E-state index in [1.54, 1.807) is 53.4 Å². The summed E-state index contributed by atoms with van der Waals surface area (Å²) in [5, 5.41) is 6.28. The van der Waals surface area contributed by atoms with Gasteiger partial charge >= 0.3 is 0 Å². The van der Waals surface area contributed by atoms with E-state index >= 15 is 0 Å². The van der Waals surface area contributed by atoms with Gasteiger partial charge in [0.1, 0.15) is 0 Å². The van der Waals surface area contributed by atoms with Crippen LogP contribution in [0.4, 0.5) is 5.69 Å². The summed E-state index contributed by atoms with van der Waals surface area (Å²) < 4.78 is 1.71. The molecule has 1 aromatic heterocycles. The van der Waals surface area contributed by atoms with Gasteiger partial charge in [0.05, 0.1) is 5.56 Å². The number of hydrogen-bond donors (Lipinski definition) is 2. The van der Waals surface area contributed by atoms with Crippen molar-refractivity contribution in [1.29, 1.82) is 0 Å². The van der Waals surface area contributed by atoms with Gasteiger partial charge in [-0.05, 0) is 29.8 Å². The van der Waals surface area contributed by atoms with Crippen molar-refractivity contribution < 1.29 is 26.6 Å². The van der Waals surface area contributed by atoms with Crippen LogP contribution in [-0.2, 0) is 17.9 Å². The molecule has 5 nitrogen and oxygen atoms in total. The quantitative estimate of drug-likeness (QED) is 0.565. The molecule has 0 aliphatic carbocycles. The second-order valence-corrected chi connectivity index (χ2v) is 6.42. The number of benzene rings is 2. The normalized spacial score (nSPS) is 9.89. The van der Waals surface area contributed by atoms with E-state index in [4.69, 9.17) is 11.6 Å². The van der Waals surface area contributed by atoms with E-state index < -0.39 is 0 Å². The van der Waals surface area contributed by atoms with Gasteiger partial charge in [-0.1, -0.05) is 41.9 Å². The maximum absolute atomic E-state index is 12.2. The topological polar surface area (TPSA) is 62.1 Å². The second-order valence-electron chi connectivity index (χ2n) is 5.98. The van der Waals surface area contributed by atoms with E-state index in [0.717, 1.165) is 5.56 Å². The van der Waals surface area contributed by atoms with Gasteiger partial charge in [-0.25, -0.2) is 0 Å². The van der Waals surface area contributed by atoms with Crippen molar-refractivity contribution >= 4 is 29.1 Å². The molecule has 3 aromatic rings. The highest BCUT2D eigenvalue weighted by molar-refractivity contribution is 6.30. The van der Waals surface area contributed by atoms with E-state index in [1.165, 1.54) is 0 Å². The van der Waals surface area contributed by atoms with Crippen LogP contribution in [0.15, 0.2) is 79.1 Å². The number of nitrogens with one attached hydrogen (secondary N) is 2. The van der Waals surface area contributed by atoms with Crippen molar-refractivity contribution in [3.05, 3.63) is 95.3 Å². The Kier molecular flexibility index (Phi) is 7.99. The molecule has 0 saturated heterocycles. The first-order valence-corrected chi connectivity index (χ1v) is 8.84. The molecule has 0 bridgehead atoms. The molecule has 7 heteroatoms. The zero-order valence-electron chi connectivity index (χ0n) is 14.9. The van der Waals surface area contributed by atoms with Crippen LogP contribution in [0.3, 0.4) is 0 Å². The Morgan fingerprint density at radius 1 is 0.893 bits per heavy atom. The maximum Gasteiger partial charge on any atom is 0.290 e. The Morgan fingerprint density at radius 3 is 2.18 bits per heavy atom. The molecule has 28 heavy (non-hydrogen) atoms. The fourth-order valence-corrected chi connectivity index (χ4v) is 2.62. The molecule has 0 aliphatic rings. The van der Waals surface area contributed by atoms with Crippen molar-refractivity contribution in [2.45, 2.75) is 13.1 Å². The average molecular weight is 416 g/mol. The number of aromatic nitrogens is 1. The zero-order valence-corrected chi connectivity index (χ0v) is 16.5. The smallest absolute Gasteiger partial charge is 0.290 e. The molecule has 1 heterocycles. The molecule has 2 amide bonds. The highest BCUT2D eigenvalue weighted by Gasteiger charge is 2.12. The van der Waals surface area contributed by atoms with E-state index in [9.17, 15) is 9.59 Å². The number of pyridine rings is 1. The van der Waals surface area contributed by atoms with Crippen LogP contribution in [-0.4, -0.2) is 11.8 Å². The van der Waals surface area contributed by atoms with Crippen molar-refractivity contribution in [2.75, 3.05) is 5.32 Å². The molecule has 0 radical (unpaired) electrons. The first kappa shape index (κ1) is 21.4. The van der Waals surface area contributed by atoms with Crippen molar-refractivity contribution in [3.63, 3.8) is 0 Å². The van der Waals surface area contributed by atoms with Gasteiger partial charge in [0, 0.05) is 29.4 Å². The van der Waals surface area contributed by atoms with Crippen molar-refractivity contribution in [3.8, 4) is 0 Å². The second kappa shape index (κ2) is 10.4. The number of carbonyl (C=O) groups excluding carboxylic acids is 2. The van der Waals surface area contributed by atoms with Crippen LogP contribution in [0.2, 0.25) is 5.02 Å².